The smallest absolute Gasteiger partial charge is 0.0699 e. The van der Waals surface area contributed by atoms with Crippen LogP contribution in [0.25, 0.3) is 0 Å². The molecule has 1 saturated heterocycles. The van der Waals surface area contributed by atoms with E-state index in [1.165, 1.54) is 6.42 Å². The highest BCUT2D eigenvalue weighted by Crippen LogP contribution is 2.31. The van der Waals surface area contributed by atoms with E-state index in [1.54, 1.807) is 7.11 Å². The zero-order chi connectivity index (χ0) is 9.19. The Hall–Kier alpha value is -0.0800. The molecule has 0 spiro atoms. The highest BCUT2D eigenvalue weighted by atomic mass is 16.5. The Morgan fingerprint density at radius 3 is 2.42 bits per heavy atom. The minimum Gasteiger partial charge on any atom is -0.380 e. The lowest BCUT2D eigenvalue weighted by atomic mass is 9.76. The van der Waals surface area contributed by atoms with Gasteiger partial charge in [0, 0.05) is 13.7 Å². The van der Waals surface area contributed by atoms with Gasteiger partial charge in [-0.25, -0.2) is 0 Å². The fourth-order valence-corrected chi connectivity index (χ4v) is 1.74. The molecule has 2 nitrogen and oxygen atoms in total. The number of ether oxygens (including phenoxy) is 1. The van der Waals surface area contributed by atoms with Crippen LogP contribution >= 0.6 is 0 Å². The van der Waals surface area contributed by atoms with Gasteiger partial charge in [-0.1, -0.05) is 20.8 Å². The molecule has 1 aliphatic heterocycles. The first-order valence-corrected chi connectivity index (χ1v) is 4.77. The highest BCUT2D eigenvalue weighted by Gasteiger charge is 2.30. The Labute approximate surface area is 75.7 Å². The van der Waals surface area contributed by atoms with Gasteiger partial charge in [-0.15, -0.1) is 0 Å². The number of piperidine rings is 1. The number of hydrogen-bond donors (Lipinski definition) is 1. The average molecular weight is 171 g/mol. The maximum Gasteiger partial charge on any atom is 0.0699 e. The molecule has 2 unspecified atom stereocenters. The Morgan fingerprint density at radius 1 is 1.25 bits per heavy atom. The Kier molecular flexibility index (Phi) is 3.13. The first kappa shape index (κ1) is 10.0. The lowest BCUT2D eigenvalue weighted by Crippen LogP contribution is -2.44. The van der Waals surface area contributed by atoms with Crippen LogP contribution in [0.15, 0.2) is 0 Å². The van der Waals surface area contributed by atoms with Gasteiger partial charge in [0.15, 0.2) is 0 Å². The molecule has 1 rings (SSSR count). The second kappa shape index (κ2) is 3.75. The van der Waals surface area contributed by atoms with Crippen molar-refractivity contribution < 1.29 is 4.74 Å². The van der Waals surface area contributed by atoms with Crippen molar-refractivity contribution in [3.8, 4) is 0 Å². The monoisotopic (exact) mass is 171 g/mol. The van der Waals surface area contributed by atoms with E-state index in [0.29, 0.717) is 11.5 Å². The van der Waals surface area contributed by atoms with E-state index in [2.05, 4.69) is 26.1 Å². The van der Waals surface area contributed by atoms with E-state index in [9.17, 15) is 0 Å². The van der Waals surface area contributed by atoms with Crippen LogP contribution in [-0.2, 0) is 4.74 Å². The molecular weight excluding hydrogens is 150 g/mol. The van der Waals surface area contributed by atoms with Gasteiger partial charge in [-0.05, 0) is 24.3 Å². The van der Waals surface area contributed by atoms with Crippen molar-refractivity contribution in [3.05, 3.63) is 0 Å². The Bertz CT molecular complexity index is 139. The summed E-state index contributed by atoms with van der Waals surface area (Å²) in [7, 11) is 1.80. The SMILES string of the molecule is COC1CNCC(C(C)(C)C)C1. The van der Waals surface area contributed by atoms with Gasteiger partial charge in [-0.3, -0.25) is 0 Å². The fraction of sp³-hybridized carbons (Fsp3) is 1.00. The quantitative estimate of drug-likeness (QED) is 0.648. The largest absolute Gasteiger partial charge is 0.380 e. The molecule has 12 heavy (non-hydrogen) atoms. The first-order valence-electron chi connectivity index (χ1n) is 4.77. The summed E-state index contributed by atoms with van der Waals surface area (Å²) in [4.78, 5) is 0. The van der Waals surface area contributed by atoms with Gasteiger partial charge < -0.3 is 10.1 Å². The van der Waals surface area contributed by atoms with Crippen molar-refractivity contribution in [3.63, 3.8) is 0 Å². The molecule has 0 aromatic rings. The molecule has 1 fully saturated rings. The maximum atomic E-state index is 5.35. The molecule has 0 amide bonds. The van der Waals surface area contributed by atoms with Gasteiger partial charge in [0.25, 0.3) is 0 Å². The first-order chi connectivity index (χ1) is 5.54. The highest BCUT2D eigenvalue weighted by molar-refractivity contribution is 4.83. The van der Waals surface area contributed by atoms with Crippen molar-refractivity contribution in [2.75, 3.05) is 20.2 Å². The van der Waals surface area contributed by atoms with Gasteiger partial charge in [0.05, 0.1) is 6.10 Å². The number of methoxy groups -OCH3 is 1. The molecule has 1 N–H and O–H groups in total. The molecule has 72 valence electrons. The van der Waals surface area contributed by atoms with Crippen molar-refractivity contribution in [2.45, 2.75) is 33.3 Å². The van der Waals surface area contributed by atoms with Gasteiger partial charge in [0.2, 0.25) is 0 Å². The predicted molar refractivity (Wildman–Crippen MR) is 51.2 cm³/mol. The van der Waals surface area contributed by atoms with Crippen LogP contribution in [0, 0.1) is 11.3 Å². The number of hydrogen-bond acceptors (Lipinski definition) is 2. The summed E-state index contributed by atoms with van der Waals surface area (Å²) in [6, 6.07) is 0. The van der Waals surface area contributed by atoms with Crippen molar-refractivity contribution in [1.29, 1.82) is 0 Å². The van der Waals surface area contributed by atoms with Crippen molar-refractivity contribution in [2.24, 2.45) is 11.3 Å². The van der Waals surface area contributed by atoms with E-state index in [0.717, 1.165) is 19.0 Å². The maximum absolute atomic E-state index is 5.35. The minimum atomic E-state index is 0.407. The van der Waals surface area contributed by atoms with Crippen LogP contribution < -0.4 is 5.32 Å². The fourth-order valence-electron chi connectivity index (χ4n) is 1.74. The molecule has 0 aliphatic carbocycles. The summed E-state index contributed by atoms with van der Waals surface area (Å²) in [5.41, 5.74) is 0.407. The predicted octanol–water partition coefficient (Wildman–Crippen LogP) is 1.66. The summed E-state index contributed by atoms with van der Waals surface area (Å²) in [6.07, 6.45) is 1.62. The van der Waals surface area contributed by atoms with Crippen molar-refractivity contribution in [1.82, 2.24) is 5.32 Å². The minimum absolute atomic E-state index is 0.407. The lowest BCUT2D eigenvalue weighted by Gasteiger charge is -2.37. The van der Waals surface area contributed by atoms with E-state index in [4.69, 9.17) is 4.74 Å². The van der Waals surface area contributed by atoms with Crippen LogP contribution in [0.5, 0.6) is 0 Å². The molecule has 0 saturated carbocycles. The third-order valence-electron chi connectivity index (χ3n) is 2.87. The van der Waals surface area contributed by atoms with E-state index >= 15 is 0 Å². The zero-order valence-electron chi connectivity index (χ0n) is 8.68. The summed E-state index contributed by atoms with van der Waals surface area (Å²) < 4.78 is 5.35. The number of nitrogens with one attached hydrogen (secondary N) is 1. The van der Waals surface area contributed by atoms with Crippen LogP contribution in [-0.4, -0.2) is 26.3 Å². The molecule has 0 aromatic carbocycles. The van der Waals surface area contributed by atoms with Gasteiger partial charge in [0.1, 0.15) is 0 Å². The molecule has 0 aromatic heterocycles. The van der Waals surface area contributed by atoms with Crippen LogP contribution in [0.4, 0.5) is 0 Å². The lowest BCUT2D eigenvalue weighted by molar-refractivity contribution is 0.0345. The molecule has 2 heteroatoms. The van der Waals surface area contributed by atoms with E-state index in [-0.39, 0.29) is 0 Å². The molecule has 0 bridgehead atoms. The molecule has 2 atom stereocenters. The normalized spacial score (nSPS) is 32.0. The van der Waals surface area contributed by atoms with Gasteiger partial charge >= 0.3 is 0 Å². The number of rotatable bonds is 1. The summed E-state index contributed by atoms with van der Waals surface area (Å²) in [5, 5.41) is 3.42. The second-order valence-corrected chi connectivity index (χ2v) is 4.81. The molecule has 1 heterocycles. The Morgan fingerprint density at radius 2 is 1.92 bits per heavy atom. The topological polar surface area (TPSA) is 21.3 Å². The molecule has 1 aliphatic rings. The third kappa shape index (κ3) is 2.46. The summed E-state index contributed by atoms with van der Waals surface area (Å²) in [6.45, 7) is 9.07. The van der Waals surface area contributed by atoms with Crippen LogP contribution in [0.3, 0.4) is 0 Å². The summed E-state index contributed by atoms with van der Waals surface area (Å²) in [5.74, 6) is 0.746. The summed E-state index contributed by atoms with van der Waals surface area (Å²) >= 11 is 0. The van der Waals surface area contributed by atoms with Gasteiger partial charge in [-0.2, -0.15) is 0 Å². The molecular formula is C10H21NO. The average Bonchev–Trinajstić information content (AvgIpc) is 2.03. The zero-order valence-corrected chi connectivity index (χ0v) is 8.68. The van der Waals surface area contributed by atoms with Crippen molar-refractivity contribution >= 4 is 0 Å². The van der Waals surface area contributed by atoms with Crippen LogP contribution in [0.2, 0.25) is 0 Å². The van der Waals surface area contributed by atoms with E-state index in [1.807, 2.05) is 0 Å². The third-order valence-corrected chi connectivity index (χ3v) is 2.87. The standard InChI is InChI=1S/C10H21NO/c1-10(2,3)8-5-9(12-4)7-11-6-8/h8-9,11H,5-7H2,1-4H3. The second-order valence-electron chi connectivity index (χ2n) is 4.81. The Balaban J connectivity index is 2.46. The van der Waals surface area contributed by atoms with E-state index < -0.39 is 0 Å². The van der Waals surface area contributed by atoms with Crippen LogP contribution in [0.1, 0.15) is 27.2 Å². The molecule has 0 radical (unpaired) electrons.